The van der Waals surface area contributed by atoms with E-state index >= 15 is 0 Å². The predicted octanol–water partition coefficient (Wildman–Crippen LogP) is 0.789. The molecule has 0 unspecified atom stereocenters. The average Bonchev–Trinajstić information content (AvgIpc) is 1.96. The SMILES string of the molecule is C=C(C)CS(=O)(=O)OCOS(=O)(=O)CC(=C)C. The van der Waals surface area contributed by atoms with Gasteiger partial charge in [-0.2, -0.15) is 16.8 Å². The fourth-order valence-corrected chi connectivity index (χ4v) is 2.68. The Morgan fingerprint density at radius 1 is 0.882 bits per heavy atom. The molecule has 0 aromatic rings. The van der Waals surface area contributed by atoms with Gasteiger partial charge in [0.1, 0.15) is 0 Å². The summed E-state index contributed by atoms with van der Waals surface area (Å²) in [6, 6.07) is 0. The van der Waals surface area contributed by atoms with Crippen LogP contribution in [0.25, 0.3) is 0 Å². The van der Waals surface area contributed by atoms with Crippen molar-refractivity contribution in [1.29, 1.82) is 0 Å². The zero-order valence-corrected chi connectivity index (χ0v) is 11.4. The lowest BCUT2D eigenvalue weighted by Gasteiger charge is -2.06. The maximum absolute atomic E-state index is 11.2. The van der Waals surface area contributed by atoms with E-state index in [2.05, 4.69) is 21.5 Å². The lowest BCUT2D eigenvalue weighted by molar-refractivity contribution is 0.133. The van der Waals surface area contributed by atoms with Gasteiger partial charge >= 0.3 is 0 Å². The summed E-state index contributed by atoms with van der Waals surface area (Å²) in [7, 11) is -7.69. The average molecular weight is 284 g/mol. The molecule has 100 valence electrons. The van der Waals surface area contributed by atoms with Crippen molar-refractivity contribution in [3.8, 4) is 0 Å². The van der Waals surface area contributed by atoms with Crippen LogP contribution < -0.4 is 0 Å². The Morgan fingerprint density at radius 3 is 1.41 bits per heavy atom. The second-order valence-corrected chi connectivity index (χ2v) is 6.95. The molecule has 0 saturated carbocycles. The van der Waals surface area contributed by atoms with Gasteiger partial charge < -0.3 is 0 Å². The van der Waals surface area contributed by atoms with Crippen LogP contribution >= 0.6 is 0 Å². The molecular weight excluding hydrogens is 268 g/mol. The minimum Gasteiger partial charge on any atom is -0.240 e. The second-order valence-electron chi connectivity index (χ2n) is 3.67. The minimum atomic E-state index is -3.84. The molecule has 0 rings (SSSR count). The van der Waals surface area contributed by atoms with Crippen LogP contribution in [0.5, 0.6) is 0 Å². The summed E-state index contributed by atoms with van der Waals surface area (Å²) >= 11 is 0. The highest BCUT2D eigenvalue weighted by Crippen LogP contribution is 2.04. The third kappa shape index (κ3) is 9.04. The van der Waals surface area contributed by atoms with Crippen LogP contribution in [0.1, 0.15) is 13.8 Å². The summed E-state index contributed by atoms with van der Waals surface area (Å²) in [5.74, 6) is -0.756. The van der Waals surface area contributed by atoms with Crippen molar-refractivity contribution >= 4 is 20.2 Å². The Balaban J connectivity index is 4.25. The number of hydrogen-bond acceptors (Lipinski definition) is 6. The van der Waals surface area contributed by atoms with Crippen LogP contribution in [0.15, 0.2) is 24.3 Å². The molecule has 0 bridgehead atoms. The highest BCUT2D eigenvalue weighted by Gasteiger charge is 2.16. The molecule has 0 heterocycles. The second kappa shape index (κ2) is 6.29. The van der Waals surface area contributed by atoms with E-state index in [0.717, 1.165) is 0 Å². The first kappa shape index (κ1) is 16.3. The van der Waals surface area contributed by atoms with Crippen LogP contribution in [0.2, 0.25) is 0 Å². The van der Waals surface area contributed by atoms with E-state index in [1.54, 1.807) is 0 Å². The summed E-state index contributed by atoms with van der Waals surface area (Å²) in [6.07, 6.45) is 0. The van der Waals surface area contributed by atoms with Crippen LogP contribution in [0.4, 0.5) is 0 Å². The summed E-state index contributed by atoms with van der Waals surface area (Å²) in [4.78, 5) is 0. The molecule has 0 atom stereocenters. The van der Waals surface area contributed by atoms with Gasteiger partial charge in [0.15, 0.2) is 6.79 Å². The van der Waals surface area contributed by atoms with Crippen molar-refractivity contribution in [1.82, 2.24) is 0 Å². The van der Waals surface area contributed by atoms with Gasteiger partial charge in [0.05, 0.1) is 11.5 Å². The van der Waals surface area contributed by atoms with Crippen molar-refractivity contribution in [2.45, 2.75) is 13.8 Å². The smallest absolute Gasteiger partial charge is 0.240 e. The van der Waals surface area contributed by atoms with E-state index in [0.29, 0.717) is 11.1 Å². The molecule has 0 aliphatic rings. The maximum atomic E-state index is 11.2. The fraction of sp³-hybridized carbons (Fsp3) is 0.556. The molecule has 0 spiro atoms. The maximum Gasteiger partial charge on any atom is 0.273 e. The summed E-state index contributed by atoms with van der Waals surface area (Å²) in [6.45, 7) is 8.97. The quantitative estimate of drug-likeness (QED) is 0.372. The molecule has 0 saturated heterocycles. The van der Waals surface area contributed by atoms with Gasteiger partial charge in [-0.3, -0.25) is 0 Å². The first-order valence-corrected chi connectivity index (χ1v) is 7.72. The number of hydrogen-bond donors (Lipinski definition) is 0. The van der Waals surface area contributed by atoms with Crippen LogP contribution in [0.3, 0.4) is 0 Å². The summed E-state index contributed by atoms with van der Waals surface area (Å²) < 4.78 is 53.4. The Hall–Kier alpha value is -0.700. The van der Waals surface area contributed by atoms with E-state index in [-0.39, 0.29) is 11.5 Å². The Morgan fingerprint density at radius 2 is 1.18 bits per heavy atom. The third-order valence-corrected chi connectivity index (χ3v) is 3.91. The monoisotopic (exact) mass is 284 g/mol. The van der Waals surface area contributed by atoms with Crippen molar-refractivity contribution in [2.75, 3.05) is 18.3 Å². The van der Waals surface area contributed by atoms with Gasteiger partial charge in [0.2, 0.25) is 0 Å². The van der Waals surface area contributed by atoms with E-state index < -0.39 is 27.0 Å². The highest BCUT2D eigenvalue weighted by molar-refractivity contribution is 7.87. The summed E-state index contributed by atoms with van der Waals surface area (Å²) in [5.41, 5.74) is 0.768. The standard InChI is InChI=1S/C9H16O6S2/c1-8(2)5-16(10,11)14-7-15-17(12,13)6-9(3)4/h1,3,5-7H2,2,4H3. The zero-order chi connectivity index (χ0) is 13.7. The van der Waals surface area contributed by atoms with Gasteiger partial charge in [-0.25, -0.2) is 8.37 Å². The molecule has 0 radical (unpaired) electrons. The van der Waals surface area contributed by atoms with Crippen LogP contribution in [-0.4, -0.2) is 35.1 Å². The predicted molar refractivity (Wildman–Crippen MR) is 64.2 cm³/mol. The lowest BCUT2D eigenvalue weighted by Crippen LogP contribution is -2.18. The van der Waals surface area contributed by atoms with Gasteiger partial charge in [-0.05, 0) is 13.8 Å². The van der Waals surface area contributed by atoms with Crippen molar-refractivity contribution in [3.05, 3.63) is 24.3 Å². The van der Waals surface area contributed by atoms with E-state index in [1.165, 1.54) is 13.8 Å². The minimum absolute atomic E-state index is 0.378. The fourth-order valence-electron chi connectivity index (χ4n) is 0.853. The zero-order valence-electron chi connectivity index (χ0n) is 9.80. The Bertz CT molecular complexity index is 440. The topological polar surface area (TPSA) is 86.7 Å². The third-order valence-electron chi connectivity index (χ3n) is 1.30. The van der Waals surface area contributed by atoms with Crippen LogP contribution in [-0.2, 0) is 28.6 Å². The van der Waals surface area contributed by atoms with Gasteiger partial charge in [-0.15, -0.1) is 0 Å². The van der Waals surface area contributed by atoms with Gasteiger partial charge in [-0.1, -0.05) is 24.3 Å². The summed E-state index contributed by atoms with van der Waals surface area (Å²) in [5, 5.41) is 0. The molecule has 0 N–H and O–H groups in total. The van der Waals surface area contributed by atoms with E-state index in [4.69, 9.17) is 0 Å². The van der Waals surface area contributed by atoms with Crippen molar-refractivity contribution in [2.24, 2.45) is 0 Å². The first-order chi connectivity index (χ1) is 7.54. The molecule has 6 nitrogen and oxygen atoms in total. The van der Waals surface area contributed by atoms with E-state index in [9.17, 15) is 16.8 Å². The van der Waals surface area contributed by atoms with Gasteiger partial charge in [0.25, 0.3) is 20.2 Å². The Kier molecular flexibility index (Phi) is 6.03. The largest absolute Gasteiger partial charge is 0.273 e. The van der Waals surface area contributed by atoms with E-state index in [1.807, 2.05) is 0 Å². The van der Waals surface area contributed by atoms with Crippen molar-refractivity contribution in [3.63, 3.8) is 0 Å². The molecule has 0 aliphatic heterocycles. The highest BCUT2D eigenvalue weighted by atomic mass is 32.2. The normalized spacial score (nSPS) is 12.4. The molecule has 0 aromatic heterocycles. The molecule has 8 heteroatoms. The Labute approximate surface area is 102 Å². The van der Waals surface area contributed by atoms with Gasteiger partial charge in [0, 0.05) is 0 Å². The van der Waals surface area contributed by atoms with Crippen molar-refractivity contribution < 1.29 is 25.2 Å². The number of rotatable bonds is 8. The molecular formula is C9H16O6S2. The molecule has 17 heavy (non-hydrogen) atoms. The lowest BCUT2D eigenvalue weighted by atomic mass is 10.4. The molecule has 0 aromatic carbocycles. The van der Waals surface area contributed by atoms with Crippen LogP contribution in [0, 0.1) is 0 Å². The first-order valence-electron chi connectivity index (χ1n) is 4.57. The molecule has 0 fully saturated rings. The molecule has 0 amide bonds. The molecule has 0 aliphatic carbocycles.